The number of aromatic nitrogens is 2. The Kier molecular flexibility index (Phi) is 9.84. The molecule has 0 aromatic carbocycles. The first-order chi connectivity index (χ1) is 12.3. The Bertz CT molecular complexity index is 626. The standard InChI is InChI=1S/C15H22BrF3N6O.HI/c1-3-20-13(21-5-4-15(17,18)19)24-6-8-25(9-7-24)14-22-10-11(16)12(23-14)26-2;/h10H,3-9H2,1-2H3,(H,20,21);1H. The fraction of sp³-hybridized carbons (Fsp3) is 0.667. The molecule has 7 nitrogen and oxygen atoms in total. The molecule has 0 atom stereocenters. The molecular weight excluding hydrogens is 544 g/mol. The number of alkyl halides is 3. The van der Waals surface area contributed by atoms with Gasteiger partial charge in [0.05, 0.1) is 30.7 Å². The summed E-state index contributed by atoms with van der Waals surface area (Å²) >= 11 is 3.32. The Morgan fingerprint density at radius 1 is 1.33 bits per heavy atom. The van der Waals surface area contributed by atoms with Gasteiger partial charge in [-0.1, -0.05) is 0 Å². The first-order valence-corrected chi connectivity index (χ1v) is 9.05. The number of halogens is 5. The number of aliphatic imine (C=N–C) groups is 1. The molecule has 0 saturated carbocycles. The number of hydrogen-bond acceptors (Lipinski definition) is 5. The lowest BCUT2D eigenvalue weighted by Gasteiger charge is -2.36. The number of ether oxygens (including phenoxy) is 1. The molecular formula is C15H23BrF3IN6O. The molecule has 0 unspecified atom stereocenters. The molecule has 2 heterocycles. The summed E-state index contributed by atoms with van der Waals surface area (Å²) in [6, 6.07) is 0. The zero-order valence-electron chi connectivity index (χ0n) is 15.1. The van der Waals surface area contributed by atoms with Gasteiger partial charge in [0, 0.05) is 32.7 Å². The van der Waals surface area contributed by atoms with E-state index < -0.39 is 12.6 Å². The van der Waals surface area contributed by atoms with Gasteiger partial charge >= 0.3 is 6.18 Å². The Hall–Kier alpha value is -1.05. The van der Waals surface area contributed by atoms with Gasteiger partial charge in [-0.2, -0.15) is 18.2 Å². The summed E-state index contributed by atoms with van der Waals surface area (Å²) in [5, 5.41) is 3.05. The van der Waals surface area contributed by atoms with E-state index in [1.807, 2.05) is 16.7 Å². The smallest absolute Gasteiger partial charge is 0.390 e. The second kappa shape index (κ2) is 11.1. The molecule has 0 radical (unpaired) electrons. The molecule has 1 aliphatic rings. The van der Waals surface area contributed by atoms with E-state index in [1.165, 1.54) is 7.11 Å². The molecule has 1 aromatic rings. The molecule has 0 bridgehead atoms. The maximum absolute atomic E-state index is 12.3. The number of methoxy groups -OCH3 is 1. The third-order valence-corrected chi connectivity index (χ3v) is 4.29. The van der Waals surface area contributed by atoms with Crippen LogP contribution in [-0.2, 0) is 0 Å². The third-order valence-electron chi connectivity index (χ3n) is 3.75. The average Bonchev–Trinajstić information content (AvgIpc) is 2.61. The molecule has 1 saturated heterocycles. The van der Waals surface area contributed by atoms with Crippen molar-refractivity contribution in [1.29, 1.82) is 0 Å². The van der Waals surface area contributed by atoms with Crippen LogP contribution in [0.15, 0.2) is 15.7 Å². The Morgan fingerprint density at radius 2 is 2.00 bits per heavy atom. The highest BCUT2D eigenvalue weighted by molar-refractivity contribution is 14.0. The topological polar surface area (TPSA) is 65.9 Å². The third kappa shape index (κ3) is 7.47. The monoisotopic (exact) mass is 566 g/mol. The number of rotatable bonds is 5. The van der Waals surface area contributed by atoms with E-state index in [-0.39, 0.29) is 30.5 Å². The first kappa shape index (κ1) is 24.0. The minimum atomic E-state index is -4.20. The number of hydrogen-bond donors (Lipinski definition) is 1. The van der Waals surface area contributed by atoms with Gasteiger partial charge in [-0.25, -0.2) is 4.98 Å². The van der Waals surface area contributed by atoms with Gasteiger partial charge in [0.15, 0.2) is 5.96 Å². The summed E-state index contributed by atoms with van der Waals surface area (Å²) in [5.74, 6) is 1.52. The van der Waals surface area contributed by atoms with E-state index in [0.717, 1.165) is 0 Å². The van der Waals surface area contributed by atoms with E-state index in [4.69, 9.17) is 4.74 Å². The fourth-order valence-electron chi connectivity index (χ4n) is 2.47. The molecule has 1 fully saturated rings. The highest BCUT2D eigenvalue weighted by Crippen LogP contribution is 2.24. The van der Waals surface area contributed by atoms with Crippen LogP contribution >= 0.6 is 39.9 Å². The Morgan fingerprint density at radius 3 is 2.56 bits per heavy atom. The fourth-order valence-corrected chi connectivity index (χ4v) is 2.82. The summed E-state index contributed by atoms with van der Waals surface area (Å²) in [6.45, 7) is 4.69. The van der Waals surface area contributed by atoms with Crippen LogP contribution in [0.1, 0.15) is 13.3 Å². The van der Waals surface area contributed by atoms with Gasteiger partial charge in [0.25, 0.3) is 0 Å². The van der Waals surface area contributed by atoms with Crippen LogP contribution in [0.5, 0.6) is 5.88 Å². The molecule has 2 rings (SSSR count). The second-order valence-corrected chi connectivity index (χ2v) is 6.46. The SMILES string of the molecule is CCNC(=NCCC(F)(F)F)N1CCN(c2ncc(Br)c(OC)n2)CC1.I. The number of guanidine groups is 1. The lowest BCUT2D eigenvalue weighted by Crippen LogP contribution is -2.53. The van der Waals surface area contributed by atoms with E-state index in [9.17, 15) is 13.2 Å². The van der Waals surface area contributed by atoms with Crippen molar-refractivity contribution >= 4 is 51.8 Å². The average molecular weight is 567 g/mol. The Balaban J connectivity index is 0.00000364. The quantitative estimate of drug-likeness (QED) is 0.336. The molecule has 1 aromatic heterocycles. The number of piperazine rings is 1. The second-order valence-electron chi connectivity index (χ2n) is 5.60. The van der Waals surface area contributed by atoms with Gasteiger partial charge in [0.1, 0.15) is 0 Å². The maximum atomic E-state index is 12.3. The summed E-state index contributed by atoms with van der Waals surface area (Å²) in [7, 11) is 1.54. The normalized spacial score (nSPS) is 15.4. The first-order valence-electron chi connectivity index (χ1n) is 8.25. The molecule has 1 aliphatic heterocycles. The molecule has 12 heteroatoms. The molecule has 0 spiro atoms. The van der Waals surface area contributed by atoms with Crippen molar-refractivity contribution in [3.8, 4) is 5.88 Å². The van der Waals surface area contributed by atoms with Crippen molar-refractivity contribution in [1.82, 2.24) is 20.2 Å². The summed E-state index contributed by atoms with van der Waals surface area (Å²) in [6.07, 6.45) is -3.48. The van der Waals surface area contributed by atoms with E-state index in [0.29, 0.717) is 55.0 Å². The lowest BCUT2D eigenvalue weighted by atomic mass is 10.3. The minimum Gasteiger partial charge on any atom is -0.480 e. The molecule has 0 aliphatic carbocycles. The minimum absolute atomic E-state index is 0. The van der Waals surface area contributed by atoms with Gasteiger partial charge in [-0.15, -0.1) is 24.0 Å². The lowest BCUT2D eigenvalue weighted by molar-refractivity contribution is -0.132. The van der Waals surface area contributed by atoms with Gasteiger partial charge < -0.3 is 19.9 Å². The van der Waals surface area contributed by atoms with Crippen molar-refractivity contribution in [3.05, 3.63) is 10.7 Å². The van der Waals surface area contributed by atoms with Crippen molar-refractivity contribution in [2.45, 2.75) is 19.5 Å². The van der Waals surface area contributed by atoms with Crippen LogP contribution in [0.4, 0.5) is 19.1 Å². The van der Waals surface area contributed by atoms with Crippen molar-refractivity contribution in [2.75, 3.05) is 51.3 Å². The van der Waals surface area contributed by atoms with E-state index in [1.54, 1.807) is 6.20 Å². The van der Waals surface area contributed by atoms with Gasteiger partial charge in [0.2, 0.25) is 11.8 Å². The molecule has 154 valence electrons. The molecule has 27 heavy (non-hydrogen) atoms. The van der Waals surface area contributed by atoms with Crippen molar-refractivity contribution < 1.29 is 17.9 Å². The molecule has 1 N–H and O–H groups in total. The zero-order chi connectivity index (χ0) is 19.2. The van der Waals surface area contributed by atoms with Crippen LogP contribution in [-0.4, -0.2) is 73.4 Å². The van der Waals surface area contributed by atoms with Crippen LogP contribution in [0.3, 0.4) is 0 Å². The summed E-state index contributed by atoms with van der Waals surface area (Å²) in [4.78, 5) is 16.7. The van der Waals surface area contributed by atoms with Crippen molar-refractivity contribution in [2.24, 2.45) is 4.99 Å². The van der Waals surface area contributed by atoms with E-state index in [2.05, 4.69) is 36.2 Å². The highest BCUT2D eigenvalue weighted by Gasteiger charge is 2.27. The maximum Gasteiger partial charge on any atom is 0.390 e. The van der Waals surface area contributed by atoms with Crippen LogP contribution in [0, 0.1) is 0 Å². The van der Waals surface area contributed by atoms with Crippen LogP contribution in [0.25, 0.3) is 0 Å². The molecule has 0 amide bonds. The summed E-state index contributed by atoms with van der Waals surface area (Å²) in [5.41, 5.74) is 0. The largest absolute Gasteiger partial charge is 0.480 e. The van der Waals surface area contributed by atoms with E-state index >= 15 is 0 Å². The zero-order valence-corrected chi connectivity index (χ0v) is 19.0. The van der Waals surface area contributed by atoms with Crippen molar-refractivity contribution in [3.63, 3.8) is 0 Å². The predicted octanol–water partition coefficient (Wildman–Crippen LogP) is 2.91. The van der Waals surface area contributed by atoms with Gasteiger partial charge in [-0.05, 0) is 22.9 Å². The number of nitrogens with zero attached hydrogens (tertiary/aromatic N) is 5. The number of nitrogens with one attached hydrogen (secondary N) is 1. The number of anilines is 1. The van der Waals surface area contributed by atoms with Crippen LogP contribution in [0.2, 0.25) is 0 Å². The Labute approximate surface area is 181 Å². The van der Waals surface area contributed by atoms with Gasteiger partial charge in [-0.3, -0.25) is 4.99 Å². The predicted molar refractivity (Wildman–Crippen MR) is 112 cm³/mol. The summed E-state index contributed by atoms with van der Waals surface area (Å²) < 4.78 is 42.8. The van der Waals surface area contributed by atoms with Crippen LogP contribution < -0.4 is 15.0 Å². The highest BCUT2D eigenvalue weighted by atomic mass is 127.